The Kier molecular flexibility index (Phi) is 5.93. The number of methoxy groups -OCH3 is 1. The fourth-order valence-corrected chi connectivity index (χ4v) is 3.69. The number of rotatable bonds is 6. The van der Waals surface area contributed by atoms with Crippen LogP contribution in [0.5, 0.6) is 5.75 Å². The number of nitrogens with zero attached hydrogens (tertiary/aromatic N) is 2. The van der Waals surface area contributed by atoms with Crippen molar-refractivity contribution in [2.75, 3.05) is 13.7 Å². The van der Waals surface area contributed by atoms with Crippen LogP contribution >= 0.6 is 0 Å². The molecule has 0 aliphatic carbocycles. The second kappa shape index (κ2) is 8.97. The van der Waals surface area contributed by atoms with E-state index in [1.54, 1.807) is 25.6 Å². The van der Waals surface area contributed by atoms with Crippen LogP contribution in [-0.4, -0.2) is 35.5 Å². The van der Waals surface area contributed by atoms with Crippen molar-refractivity contribution in [2.24, 2.45) is 0 Å². The van der Waals surface area contributed by atoms with Crippen LogP contribution < -0.4 is 15.4 Å². The fourth-order valence-electron chi connectivity index (χ4n) is 3.69. The Bertz CT molecular complexity index is 1170. The van der Waals surface area contributed by atoms with E-state index in [1.807, 2.05) is 60.8 Å². The molecule has 1 aliphatic rings. The number of esters is 1. The van der Waals surface area contributed by atoms with Crippen molar-refractivity contribution in [3.8, 4) is 22.7 Å². The van der Waals surface area contributed by atoms with E-state index in [0.29, 0.717) is 22.5 Å². The molecular weight excluding hydrogens is 408 g/mol. The lowest BCUT2D eigenvalue weighted by molar-refractivity contribution is -0.139. The van der Waals surface area contributed by atoms with Gasteiger partial charge in [0.1, 0.15) is 5.75 Å². The van der Waals surface area contributed by atoms with E-state index in [1.165, 1.54) is 0 Å². The summed E-state index contributed by atoms with van der Waals surface area (Å²) in [5, 5.41) is 10.3. The molecule has 1 aromatic heterocycles. The fraction of sp³-hybridized carbons (Fsp3) is 0.208. The van der Waals surface area contributed by atoms with Gasteiger partial charge in [0.05, 0.1) is 36.7 Å². The van der Waals surface area contributed by atoms with Crippen molar-refractivity contribution in [1.82, 2.24) is 20.4 Å². The Morgan fingerprint density at radius 2 is 1.84 bits per heavy atom. The summed E-state index contributed by atoms with van der Waals surface area (Å²) in [7, 11) is 1.61. The third-order valence-corrected chi connectivity index (χ3v) is 5.20. The SMILES string of the molecule is CCOC(=O)C1=C(C)NC(=O)NC1c1cn(-c2ccccc2)nc1-c1ccc(OC)cc1. The predicted molar refractivity (Wildman–Crippen MR) is 119 cm³/mol. The van der Waals surface area contributed by atoms with Crippen molar-refractivity contribution < 1.29 is 19.1 Å². The van der Waals surface area contributed by atoms with E-state index >= 15 is 0 Å². The van der Waals surface area contributed by atoms with Crippen molar-refractivity contribution in [3.05, 3.63) is 77.6 Å². The van der Waals surface area contributed by atoms with Gasteiger partial charge in [0.25, 0.3) is 0 Å². The number of allylic oxidation sites excluding steroid dienone is 1. The average molecular weight is 432 g/mol. The van der Waals surface area contributed by atoms with Crippen LogP contribution in [0.4, 0.5) is 4.79 Å². The molecule has 164 valence electrons. The molecule has 1 atom stereocenters. The molecule has 4 rings (SSSR count). The number of carbonyl (C=O) groups is 2. The highest BCUT2D eigenvalue weighted by Crippen LogP contribution is 2.35. The van der Waals surface area contributed by atoms with Gasteiger partial charge in [-0.2, -0.15) is 5.10 Å². The monoisotopic (exact) mass is 432 g/mol. The van der Waals surface area contributed by atoms with Gasteiger partial charge in [-0.15, -0.1) is 0 Å². The molecule has 1 aliphatic heterocycles. The molecule has 0 fully saturated rings. The van der Waals surface area contributed by atoms with Crippen molar-refractivity contribution in [3.63, 3.8) is 0 Å². The largest absolute Gasteiger partial charge is 0.497 e. The molecule has 32 heavy (non-hydrogen) atoms. The van der Waals surface area contributed by atoms with E-state index in [4.69, 9.17) is 14.6 Å². The Morgan fingerprint density at radius 1 is 1.12 bits per heavy atom. The second-order valence-corrected chi connectivity index (χ2v) is 7.23. The number of hydrogen-bond donors (Lipinski definition) is 2. The van der Waals surface area contributed by atoms with E-state index in [0.717, 1.165) is 17.0 Å². The number of benzene rings is 2. The third-order valence-electron chi connectivity index (χ3n) is 5.20. The molecule has 2 amide bonds. The quantitative estimate of drug-likeness (QED) is 0.579. The lowest BCUT2D eigenvalue weighted by Crippen LogP contribution is -2.45. The van der Waals surface area contributed by atoms with Gasteiger partial charge in [-0.3, -0.25) is 0 Å². The highest BCUT2D eigenvalue weighted by atomic mass is 16.5. The first-order valence-corrected chi connectivity index (χ1v) is 10.3. The molecule has 2 heterocycles. The topological polar surface area (TPSA) is 94.5 Å². The number of carbonyl (C=O) groups excluding carboxylic acids is 2. The summed E-state index contributed by atoms with van der Waals surface area (Å²) in [4.78, 5) is 25.1. The number of ether oxygens (including phenoxy) is 2. The number of para-hydroxylation sites is 1. The van der Waals surface area contributed by atoms with Gasteiger partial charge >= 0.3 is 12.0 Å². The molecule has 0 spiro atoms. The number of nitrogens with one attached hydrogen (secondary N) is 2. The number of aromatic nitrogens is 2. The van der Waals surface area contributed by atoms with E-state index in [-0.39, 0.29) is 6.61 Å². The first-order valence-electron chi connectivity index (χ1n) is 10.3. The number of hydrogen-bond acceptors (Lipinski definition) is 5. The summed E-state index contributed by atoms with van der Waals surface area (Å²) < 4.78 is 12.3. The van der Waals surface area contributed by atoms with E-state index in [2.05, 4.69) is 10.6 Å². The minimum absolute atomic E-state index is 0.227. The molecule has 8 heteroatoms. The minimum Gasteiger partial charge on any atom is -0.497 e. The number of amides is 2. The lowest BCUT2D eigenvalue weighted by atomic mass is 9.94. The third kappa shape index (κ3) is 4.07. The van der Waals surface area contributed by atoms with Crippen LogP contribution in [0, 0.1) is 0 Å². The summed E-state index contributed by atoms with van der Waals surface area (Å²) in [5.74, 6) is 0.228. The zero-order chi connectivity index (χ0) is 22.7. The molecule has 1 unspecified atom stereocenters. The van der Waals surface area contributed by atoms with Crippen molar-refractivity contribution in [2.45, 2.75) is 19.9 Å². The molecule has 0 bridgehead atoms. The van der Waals surface area contributed by atoms with Crippen LogP contribution in [-0.2, 0) is 9.53 Å². The predicted octanol–water partition coefficient (Wildman–Crippen LogP) is 3.74. The van der Waals surface area contributed by atoms with Gasteiger partial charge < -0.3 is 20.1 Å². The Hall–Kier alpha value is -4.07. The molecule has 0 saturated carbocycles. The summed E-state index contributed by atoms with van der Waals surface area (Å²) >= 11 is 0. The highest BCUT2D eigenvalue weighted by Gasteiger charge is 2.35. The van der Waals surface area contributed by atoms with E-state index in [9.17, 15) is 9.59 Å². The maximum absolute atomic E-state index is 12.8. The first kappa shape index (κ1) is 21.2. The second-order valence-electron chi connectivity index (χ2n) is 7.23. The van der Waals surface area contributed by atoms with Gasteiger partial charge in [0, 0.05) is 23.0 Å². The van der Waals surface area contributed by atoms with Gasteiger partial charge in [0.15, 0.2) is 0 Å². The van der Waals surface area contributed by atoms with Gasteiger partial charge in [-0.05, 0) is 50.2 Å². The van der Waals surface area contributed by atoms with Gasteiger partial charge in [0.2, 0.25) is 0 Å². The minimum atomic E-state index is -0.725. The maximum Gasteiger partial charge on any atom is 0.338 e. The van der Waals surface area contributed by atoms with Crippen molar-refractivity contribution >= 4 is 12.0 Å². The lowest BCUT2D eigenvalue weighted by Gasteiger charge is -2.27. The zero-order valence-corrected chi connectivity index (χ0v) is 18.1. The molecule has 2 aromatic carbocycles. The van der Waals surface area contributed by atoms with Crippen LogP contribution in [0.15, 0.2) is 72.1 Å². The molecule has 0 saturated heterocycles. The van der Waals surface area contributed by atoms with Crippen LogP contribution in [0.2, 0.25) is 0 Å². The van der Waals surface area contributed by atoms with E-state index < -0.39 is 18.0 Å². The molecule has 0 radical (unpaired) electrons. The summed E-state index contributed by atoms with van der Waals surface area (Å²) in [6.45, 7) is 3.66. The normalized spacial score (nSPS) is 15.7. The number of urea groups is 1. The summed E-state index contributed by atoms with van der Waals surface area (Å²) in [5.41, 5.74) is 3.78. The van der Waals surface area contributed by atoms with Gasteiger partial charge in [-0.25, -0.2) is 14.3 Å². The molecule has 8 nitrogen and oxygen atoms in total. The average Bonchev–Trinajstić information content (AvgIpc) is 3.25. The standard InChI is InChI=1S/C24H24N4O4/c1-4-32-23(29)20-15(2)25-24(30)26-22(20)19-14-28(17-8-6-5-7-9-17)27-21(19)16-10-12-18(31-3)13-11-16/h5-14,22H,4H2,1-3H3,(H2,25,26,30). The summed E-state index contributed by atoms with van der Waals surface area (Å²) in [6.07, 6.45) is 1.83. The first-order chi connectivity index (χ1) is 15.5. The molecular formula is C24H24N4O4. The van der Waals surface area contributed by atoms with Crippen LogP contribution in [0.25, 0.3) is 16.9 Å². The zero-order valence-electron chi connectivity index (χ0n) is 18.1. The van der Waals surface area contributed by atoms with Gasteiger partial charge in [-0.1, -0.05) is 18.2 Å². The Labute approximate surface area is 185 Å². The smallest absolute Gasteiger partial charge is 0.338 e. The Morgan fingerprint density at radius 3 is 2.50 bits per heavy atom. The molecule has 3 aromatic rings. The van der Waals surface area contributed by atoms with Crippen molar-refractivity contribution in [1.29, 1.82) is 0 Å². The maximum atomic E-state index is 12.8. The van der Waals surface area contributed by atoms with Crippen LogP contribution in [0.3, 0.4) is 0 Å². The molecule has 2 N–H and O–H groups in total. The highest BCUT2D eigenvalue weighted by molar-refractivity contribution is 5.95. The Balaban J connectivity index is 1.89. The summed E-state index contributed by atoms with van der Waals surface area (Å²) in [6, 6.07) is 16.0. The van der Waals surface area contributed by atoms with Crippen LogP contribution in [0.1, 0.15) is 25.5 Å².